The van der Waals surface area contributed by atoms with Crippen LogP contribution in [0, 0.1) is 0 Å². The summed E-state index contributed by atoms with van der Waals surface area (Å²) in [6, 6.07) is 1.91. The van der Waals surface area contributed by atoms with Crippen molar-refractivity contribution < 1.29 is 9.26 Å². The highest BCUT2D eigenvalue weighted by Crippen LogP contribution is 2.32. The van der Waals surface area contributed by atoms with Gasteiger partial charge in [0.2, 0.25) is 0 Å². The molecule has 0 bridgehead atoms. The smallest absolute Gasteiger partial charge is 0.151 e. The quantitative estimate of drug-likeness (QED) is 0.843. The van der Waals surface area contributed by atoms with Gasteiger partial charge in [0, 0.05) is 25.3 Å². The van der Waals surface area contributed by atoms with E-state index in [4.69, 9.17) is 9.26 Å². The van der Waals surface area contributed by atoms with E-state index >= 15 is 0 Å². The van der Waals surface area contributed by atoms with Crippen molar-refractivity contribution in [3.05, 3.63) is 16.4 Å². The van der Waals surface area contributed by atoms with Crippen molar-refractivity contribution in [2.45, 2.75) is 25.4 Å². The predicted octanol–water partition coefficient (Wildman–Crippen LogP) is 2.05. The van der Waals surface area contributed by atoms with E-state index in [0.29, 0.717) is 0 Å². The maximum Gasteiger partial charge on any atom is 0.151 e. The van der Waals surface area contributed by atoms with Gasteiger partial charge in [0.25, 0.3) is 0 Å². The zero-order valence-corrected chi connectivity index (χ0v) is 10.6. The maximum atomic E-state index is 5.22. The van der Waals surface area contributed by atoms with Crippen molar-refractivity contribution in [1.82, 2.24) is 10.1 Å². The van der Waals surface area contributed by atoms with Gasteiger partial charge in [-0.25, -0.2) is 0 Å². The van der Waals surface area contributed by atoms with Gasteiger partial charge in [-0.2, -0.15) is 0 Å². The summed E-state index contributed by atoms with van der Waals surface area (Å²) in [5.74, 6) is 0.893. The highest BCUT2D eigenvalue weighted by Gasteiger charge is 2.40. The van der Waals surface area contributed by atoms with E-state index in [1.54, 1.807) is 7.11 Å². The van der Waals surface area contributed by atoms with Crippen molar-refractivity contribution >= 4 is 15.9 Å². The van der Waals surface area contributed by atoms with Crippen molar-refractivity contribution in [2.75, 3.05) is 20.3 Å². The Balaban J connectivity index is 1.95. The number of methoxy groups -OCH3 is 1. The molecule has 0 aromatic carbocycles. The first kappa shape index (κ1) is 11.1. The summed E-state index contributed by atoms with van der Waals surface area (Å²) < 4.78 is 11.1. The van der Waals surface area contributed by atoms with E-state index in [1.807, 2.05) is 6.07 Å². The molecule has 4 nitrogen and oxygen atoms in total. The number of likely N-dealkylation sites (tertiary alicyclic amines) is 1. The molecule has 1 unspecified atom stereocenters. The van der Waals surface area contributed by atoms with Crippen LogP contribution in [0.4, 0.5) is 0 Å². The Morgan fingerprint density at radius 3 is 3.00 bits per heavy atom. The summed E-state index contributed by atoms with van der Waals surface area (Å²) in [5.41, 5.74) is 0.161. The largest absolute Gasteiger partial charge is 0.383 e. The fourth-order valence-corrected chi connectivity index (χ4v) is 2.27. The minimum Gasteiger partial charge on any atom is -0.383 e. The summed E-state index contributed by atoms with van der Waals surface area (Å²) in [6.07, 6.45) is 1.18. The predicted molar refractivity (Wildman–Crippen MR) is 59.5 cm³/mol. The molecule has 1 fully saturated rings. The van der Waals surface area contributed by atoms with Gasteiger partial charge in [0.15, 0.2) is 5.76 Å². The number of hydrogen-bond acceptors (Lipinski definition) is 4. The monoisotopic (exact) mass is 274 g/mol. The lowest BCUT2D eigenvalue weighted by atomic mass is 9.87. The topological polar surface area (TPSA) is 38.5 Å². The molecule has 1 aromatic heterocycles. The third-order valence-electron chi connectivity index (χ3n) is 3.02. The number of aromatic nitrogens is 1. The van der Waals surface area contributed by atoms with Gasteiger partial charge in [0.05, 0.1) is 13.2 Å². The van der Waals surface area contributed by atoms with Gasteiger partial charge >= 0.3 is 0 Å². The van der Waals surface area contributed by atoms with Crippen LogP contribution in [-0.2, 0) is 11.3 Å². The fraction of sp³-hybridized carbons (Fsp3) is 0.700. The van der Waals surface area contributed by atoms with Gasteiger partial charge in [0.1, 0.15) is 4.60 Å². The summed E-state index contributed by atoms with van der Waals surface area (Å²) in [4.78, 5) is 2.35. The van der Waals surface area contributed by atoms with E-state index in [0.717, 1.165) is 30.1 Å². The van der Waals surface area contributed by atoms with E-state index < -0.39 is 0 Å². The second kappa shape index (κ2) is 4.23. The van der Waals surface area contributed by atoms with Crippen LogP contribution >= 0.6 is 15.9 Å². The molecular formula is C10H15BrN2O2. The maximum absolute atomic E-state index is 5.22. The van der Waals surface area contributed by atoms with Crippen LogP contribution in [-0.4, -0.2) is 35.9 Å². The normalized spacial score (nSPS) is 26.6. The molecule has 0 saturated carbocycles. The average molecular weight is 275 g/mol. The molecule has 0 amide bonds. The zero-order chi connectivity index (χ0) is 10.9. The SMILES string of the molecule is COCC1(C)CCN1Cc1cc(Br)no1. The molecule has 0 radical (unpaired) electrons. The first-order valence-corrected chi connectivity index (χ1v) is 5.78. The molecule has 5 heteroatoms. The van der Waals surface area contributed by atoms with Crippen molar-refractivity contribution in [3.63, 3.8) is 0 Å². The highest BCUT2D eigenvalue weighted by atomic mass is 79.9. The molecule has 0 N–H and O–H groups in total. The minimum atomic E-state index is 0.161. The van der Waals surface area contributed by atoms with Gasteiger partial charge < -0.3 is 9.26 Å². The second-order valence-electron chi connectivity index (χ2n) is 4.22. The van der Waals surface area contributed by atoms with Crippen molar-refractivity contribution in [1.29, 1.82) is 0 Å². The summed E-state index contributed by atoms with van der Waals surface area (Å²) in [7, 11) is 1.74. The number of ether oxygens (including phenoxy) is 1. The third kappa shape index (κ3) is 2.24. The van der Waals surface area contributed by atoms with Crippen LogP contribution in [0.15, 0.2) is 15.2 Å². The van der Waals surface area contributed by atoms with E-state index in [2.05, 4.69) is 32.9 Å². The molecule has 1 aliphatic heterocycles. The Labute approximate surface area is 97.7 Å². The molecular weight excluding hydrogens is 260 g/mol. The molecule has 15 heavy (non-hydrogen) atoms. The van der Waals surface area contributed by atoms with Crippen LogP contribution in [0.3, 0.4) is 0 Å². The summed E-state index contributed by atoms with van der Waals surface area (Å²) in [6.45, 7) is 4.88. The van der Waals surface area contributed by atoms with Crippen LogP contribution in [0.5, 0.6) is 0 Å². The Morgan fingerprint density at radius 2 is 2.53 bits per heavy atom. The second-order valence-corrected chi connectivity index (χ2v) is 5.03. The van der Waals surface area contributed by atoms with Gasteiger partial charge in [-0.1, -0.05) is 5.16 Å². The molecule has 1 aromatic rings. The van der Waals surface area contributed by atoms with Crippen molar-refractivity contribution in [2.24, 2.45) is 0 Å². The molecule has 2 heterocycles. The van der Waals surface area contributed by atoms with Gasteiger partial charge in [-0.3, -0.25) is 4.90 Å². The molecule has 0 spiro atoms. The molecule has 2 rings (SSSR count). The van der Waals surface area contributed by atoms with Crippen molar-refractivity contribution in [3.8, 4) is 0 Å². The number of hydrogen-bond donors (Lipinski definition) is 0. The summed E-state index contributed by atoms with van der Waals surface area (Å²) >= 11 is 3.27. The Hall–Kier alpha value is -0.390. The molecule has 1 atom stereocenters. The lowest BCUT2D eigenvalue weighted by Gasteiger charge is -2.49. The molecule has 1 saturated heterocycles. The lowest BCUT2D eigenvalue weighted by Crippen LogP contribution is -2.59. The third-order valence-corrected chi connectivity index (χ3v) is 3.39. The summed E-state index contributed by atoms with van der Waals surface area (Å²) in [5, 5.41) is 3.81. The molecule has 1 aliphatic rings. The lowest BCUT2D eigenvalue weighted by molar-refractivity contribution is -0.0621. The van der Waals surface area contributed by atoms with E-state index in [9.17, 15) is 0 Å². The van der Waals surface area contributed by atoms with E-state index in [1.165, 1.54) is 6.42 Å². The average Bonchev–Trinajstić information content (AvgIpc) is 2.59. The zero-order valence-electron chi connectivity index (χ0n) is 8.99. The van der Waals surface area contributed by atoms with Gasteiger partial charge in [-0.15, -0.1) is 0 Å². The number of nitrogens with zero attached hydrogens (tertiary/aromatic N) is 2. The van der Waals surface area contributed by atoms with E-state index in [-0.39, 0.29) is 5.54 Å². The Bertz CT molecular complexity index is 342. The number of rotatable bonds is 4. The standard InChI is InChI=1S/C10H15BrN2O2/c1-10(7-14-2)3-4-13(10)6-8-5-9(11)12-15-8/h5H,3-4,6-7H2,1-2H3. The Kier molecular flexibility index (Phi) is 3.13. The first-order chi connectivity index (χ1) is 7.14. The molecule has 0 aliphatic carbocycles. The fourth-order valence-electron chi connectivity index (χ4n) is 1.95. The molecule has 84 valence electrons. The van der Waals surface area contributed by atoms with Gasteiger partial charge in [-0.05, 0) is 29.3 Å². The Morgan fingerprint density at radius 1 is 1.73 bits per heavy atom. The van der Waals surface area contributed by atoms with Crippen LogP contribution < -0.4 is 0 Å². The minimum absolute atomic E-state index is 0.161. The highest BCUT2D eigenvalue weighted by molar-refractivity contribution is 9.10. The van der Waals surface area contributed by atoms with Crippen LogP contribution in [0.1, 0.15) is 19.1 Å². The van der Waals surface area contributed by atoms with Crippen LogP contribution in [0.25, 0.3) is 0 Å². The number of halogens is 1. The van der Waals surface area contributed by atoms with Crippen LogP contribution in [0.2, 0.25) is 0 Å². The first-order valence-electron chi connectivity index (χ1n) is 4.99.